The molecule has 3 rings (SSSR count). The van der Waals surface area contributed by atoms with Gasteiger partial charge in [0, 0.05) is 12.6 Å². The molecule has 1 aromatic rings. The summed E-state index contributed by atoms with van der Waals surface area (Å²) in [4.78, 5) is 38.9. The number of esters is 1. The number of hydrogen-bond acceptors (Lipinski definition) is 5. The number of imide groups is 1. The zero-order valence-electron chi connectivity index (χ0n) is 13.7. The quantitative estimate of drug-likeness (QED) is 0.660. The number of hydrogen-bond donors (Lipinski definition) is 1. The standard InChI is InChI=1S/C17H19FN2O4/c1-4-20-14(21)11-12(15(20)22)17(2,16(23)24-3)19-13(11)9-5-7-10(18)8-6-9/h5-8,11-13,19H,4H2,1-3H3. The minimum atomic E-state index is -1.31. The van der Waals surface area contributed by atoms with Gasteiger partial charge in [-0.15, -0.1) is 0 Å². The van der Waals surface area contributed by atoms with Crippen LogP contribution in [-0.2, 0) is 19.1 Å². The van der Waals surface area contributed by atoms with Crippen molar-refractivity contribution in [1.82, 2.24) is 10.2 Å². The maximum Gasteiger partial charge on any atom is 0.326 e. The fourth-order valence-corrected chi connectivity index (χ4v) is 3.87. The molecule has 2 heterocycles. The van der Waals surface area contributed by atoms with Gasteiger partial charge in [-0.2, -0.15) is 0 Å². The molecule has 0 aliphatic carbocycles. The summed E-state index contributed by atoms with van der Waals surface area (Å²) < 4.78 is 18.1. The Balaban J connectivity index is 2.09. The SMILES string of the molecule is CCN1C(=O)C2C(c3ccc(F)cc3)NC(C)(C(=O)OC)C2C1=O. The van der Waals surface area contributed by atoms with Crippen molar-refractivity contribution in [2.75, 3.05) is 13.7 Å². The van der Waals surface area contributed by atoms with E-state index in [1.165, 1.54) is 24.1 Å². The van der Waals surface area contributed by atoms with Crippen LogP contribution in [0.1, 0.15) is 25.5 Å². The van der Waals surface area contributed by atoms with Crippen LogP contribution in [0.25, 0.3) is 0 Å². The average molecular weight is 334 g/mol. The molecule has 7 heteroatoms. The molecule has 0 spiro atoms. The fourth-order valence-electron chi connectivity index (χ4n) is 3.87. The molecule has 0 saturated carbocycles. The number of fused-ring (bicyclic) bond motifs is 1. The van der Waals surface area contributed by atoms with Crippen molar-refractivity contribution in [3.05, 3.63) is 35.6 Å². The number of carbonyl (C=O) groups is 3. The summed E-state index contributed by atoms with van der Waals surface area (Å²) in [6.07, 6.45) is 0. The highest BCUT2D eigenvalue weighted by molar-refractivity contribution is 6.09. The number of likely N-dealkylation sites (tertiary alicyclic amines) is 1. The van der Waals surface area contributed by atoms with Crippen LogP contribution in [0.5, 0.6) is 0 Å². The van der Waals surface area contributed by atoms with E-state index in [0.717, 1.165) is 0 Å². The first-order chi connectivity index (χ1) is 11.3. The second-order valence-corrected chi connectivity index (χ2v) is 6.29. The lowest BCUT2D eigenvalue weighted by Gasteiger charge is -2.28. The molecule has 2 aliphatic heterocycles. The van der Waals surface area contributed by atoms with Crippen molar-refractivity contribution in [1.29, 1.82) is 0 Å². The first kappa shape index (κ1) is 16.6. The predicted octanol–water partition coefficient (Wildman–Crippen LogP) is 1.02. The van der Waals surface area contributed by atoms with Gasteiger partial charge in [-0.05, 0) is 31.5 Å². The highest BCUT2D eigenvalue weighted by Gasteiger charge is 2.66. The largest absolute Gasteiger partial charge is 0.468 e. The van der Waals surface area contributed by atoms with E-state index in [2.05, 4.69) is 5.32 Å². The Labute approximate surface area is 139 Å². The van der Waals surface area contributed by atoms with E-state index in [1.807, 2.05) is 0 Å². The number of nitrogens with zero attached hydrogens (tertiary/aromatic N) is 1. The Morgan fingerprint density at radius 3 is 2.46 bits per heavy atom. The van der Waals surface area contributed by atoms with E-state index < -0.39 is 35.2 Å². The first-order valence-corrected chi connectivity index (χ1v) is 7.82. The molecule has 2 aliphatic rings. The minimum Gasteiger partial charge on any atom is -0.468 e. The number of rotatable bonds is 3. The monoisotopic (exact) mass is 334 g/mol. The van der Waals surface area contributed by atoms with Gasteiger partial charge in [0.05, 0.1) is 18.9 Å². The summed E-state index contributed by atoms with van der Waals surface area (Å²) in [7, 11) is 1.24. The third kappa shape index (κ3) is 2.15. The lowest BCUT2D eigenvalue weighted by Crippen LogP contribution is -2.53. The summed E-state index contributed by atoms with van der Waals surface area (Å²) in [5.41, 5.74) is -0.659. The number of benzene rings is 1. The van der Waals surface area contributed by atoms with E-state index >= 15 is 0 Å². The normalized spacial score (nSPS) is 32.2. The van der Waals surface area contributed by atoms with E-state index in [1.54, 1.807) is 26.0 Å². The molecule has 1 aromatic carbocycles. The minimum absolute atomic E-state index is 0.248. The number of nitrogens with one attached hydrogen (secondary N) is 1. The fraction of sp³-hybridized carbons (Fsp3) is 0.471. The molecule has 128 valence electrons. The van der Waals surface area contributed by atoms with Gasteiger partial charge in [0.25, 0.3) is 0 Å². The van der Waals surface area contributed by atoms with Gasteiger partial charge < -0.3 is 4.74 Å². The number of ether oxygens (including phenoxy) is 1. The molecule has 1 N–H and O–H groups in total. The van der Waals surface area contributed by atoms with Crippen LogP contribution in [0.2, 0.25) is 0 Å². The van der Waals surface area contributed by atoms with E-state index in [9.17, 15) is 18.8 Å². The maximum atomic E-state index is 13.2. The number of methoxy groups -OCH3 is 1. The molecular formula is C17H19FN2O4. The second-order valence-electron chi connectivity index (χ2n) is 6.29. The topological polar surface area (TPSA) is 75.7 Å². The molecule has 4 atom stereocenters. The van der Waals surface area contributed by atoms with Crippen molar-refractivity contribution in [2.45, 2.75) is 25.4 Å². The Bertz CT molecular complexity index is 705. The van der Waals surface area contributed by atoms with Crippen molar-refractivity contribution < 1.29 is 23.5 Å². The summed E-state index contributed by atoms with van der Waals surface area (Å²) in [6.45, 7) is 3.54. The van der Waals surface area contributed by atoms with Crippen LogP contribution in [0.3, 0.4) is 0 Å². The molecule has 0 radical (unpaired) electrons. The van der Waals surface area contributed by atoms with E-state index in [-0.39, 0.29) is 18.4 Å². The van der Waals surface area contributed by atoms with Crippen molar-refractivity contribution in [2.24, 2.45) is 11.8 Å². The van der Waals surface area contributed by atoms with E-state index in [0.29, 0.717) is 5.56 Å². The maximum absolute atomic E-state index is 13.2. The molecular weight excluding hydrogens is 315 g/mol. The lowest BCUT2D eigenvalue weighted by molar-refractivity contribution is -0.153. The lowest BCUT2D eigenvalue weighted by atomic mass is 9.80. The van der Waals surface area contributed by atoms with Crippen LogP contribution >= 0.6 is 0 Å². The zero-order chi connectivity index (χ0) is 17.6. The van der Waals surface area contributed by atoms with Crippen molar-refractivity contribution in [3.8, 4) is 0 Å². The molecule has 0 aromatic heterocycles. The Kier molecular flexibility index (Phi) is 3.91. The van der Waals surface area contributed by atoms with Crippen LogP contribution in [-0.4, -0.2) is 41.9 Å². The smallest absolute Gasteiger partial charge is 0.326 e. The molecule has 6 nitrogen and oxygen atoms in total. The van der Waals surface area contributed by atoms with Gasteiger partial charge in [0.15, 0.2) is 0 Å². The van der Waals surface area contributed by atoms with Crippen molar-refractivity contribution >= 4 is 17.8 Å². The molecule has 0 bridgehead atoms. The van der Waals surface area contributed by atoms with Gasteiger partial charge in [-0.1, -0.05) is 12.1 Å². The Hall–Kier alpha value is -2.28. The highest BCUT2D eigenvalue weighted by atomic mass is 19.1. The molecule has 2 amide bonds. The van der Waals surface area contributed by atoms with Gasteiger partial charge in [-0.3, -0.25) is 24.6 Å². The zero-order valence-corrected chi connectivity index (χ0v) is 13.7. The summed E-state index contributed by atoms with van der Waals surface area (Å²) in [5.74, 6) is -3.24. The molecule has 2 fully saturated rings. The summed E-state index contributed by atoms with van der Waals surface area (Å²) >= 11 is 0. The first-order valence-electron chi connectivity index (χ1n) is 7.82. The average Bonchev–Trinajstić information content (AvgIpc) is 3.02. The third-order valence-electron chi connectivity index (χ3n) is 5.03. The van der Waals surface area contributed by atoms with Gasteiger partial charge in [0.1, 0.15) is 11.4 Å². The highest BCUT2D eigenvalue weighted by Crippen LogP contribution is 2.48. The second kappa shape index (κ2) is 5.66. The van der Waals surface area contributed by atoms with Gasteiger partial charge in [0.2, 0.25) is 11.8 Å². The van der Waals surface area contributed by atoms with Crippen LogP contribution in [0.4, 0.5) is 4.39 Å². The van der Waals surface area contributed by atoms with Crippen LogP contribution in [0.15, 0.2) is 24.3 Å². The Morgan fingerprint density at radius 1 is 1.29 bits per heavy atom. The molecule has 2 saturated heterocycles. The van der Waals surface area contributed by atoms with Gasteiger partial charge >= 0.3 is 5.97 Å². The third-order valence-corrected chi connectivity index (χ3v) is 5.03. The van der Waals surface area contributed by atoms with Gasteiger partial charge in [-0.25, -0.2) is 4.39 Å². The summed E-state index contributed by atoms with van der Waals surface area (Å²) in [5, 5.41) is 3.10. The molecule has 4 unspecified atom stereocenters. The Morgan fingerprint density at radius 2 is 1.92 bits per heavy atom. The summed E-state index contributed by atoms with van der Waals surface area (Å²) in [6, 6.07) is 5.13. The van der Waals surface area contributed by atoms with Crippen molar-refractivity contribution in [3.63, 3.8) is 0 Å². The predicted molar refractivity (Wildman–Crippen MR) is 82.1 cm³/mol. The number of halogens is 1. The number of amides is 2. The molecule has 24 heavy (non-hydrogen) atoms. The van der Waals surface area contributed by atoms with E-state index in [4.69, 9.17) is 4.74 Å². The number of carbonyl (C=O) groups excluding carboxylic acids is 3. The van der Waals surface area contributed by atoms with Crippen LogP contribution < -0.4 is 5.32 Å². The van der Waals surface area contributed by atoms with Crippen LogP contribution in [0, 0.1) is 17.7 Å².